The van der Waals surface area contributed by atoms with E-state index in [0.717, 1.165) is 16.5 Å². The summed E-state index contributed by atoms with van der Waals surface area (Å²) in [5.41, 5.74) is 2.46. The summed E-state index contributed by atoms with van der Waals surface area (Å²) < 4.78 is 13.3. The van der Waals surface area contributed by atoms with E-state index in [-0.39, 0.29) is 11.4 Å². The average molecular weight is 297 g/mol. The summed E-state index contributed by atoms with van der Waals surface area (Å²) in [5.74, 6) is -1.28. The lowest BCUT2D eigenvalue weighted by atomic mass is 10.2. The Balaban J connectivity index is 1.75. The normalized spacial score (nSPS) is 11.3. The number of rotatable bonds is 4. The monoisotopic (exact) mass is 297 g/mol. The molecular weight excluding hydrogens is 285 g/mol. The topological polar surface area (TPSA) is 77.8 Å². The maximum atomic E-state index is 13.3. The molecule has 5 nitrogen and oxygen atoms in total. The molecule has 0 atom stereocenters. The van der Waals surface area contributed by atoms with Gasteiger partial charge in [-0.2, -0.15) is 10.2 Å². The second-order valence-corrected chi connectivity index (χ2v) is 4.76. The van der Waals surface area contributed by atoms with Crippen molar-refractivity contribution >= 4 is 22.6 Å². The van der Waals surface area contributed by atoms with Gasteiger partial charge in [-0.25, -0.2) is 9.18 Å². The molecule has 0 saturated carbocycles. The number of aromatic carboxylic acids is 1. The van der Waals surface area contributed by atoms with Gasteiger partial charge in [0.2, 0.25) is 0 Å². The van der Waals surface area contributed by atoms with Crippen LogP contribution in [-0.4, -0.2) is 16.1 Å². The first-order valence-electron chi connectivity index (χ1n) is 6.60. The molecule has 1 aromatic heterocycles. The number of benzene rings is 2. The summed E-state index contributed by atoms with van der Waals surface area (Å²) in [7, 11) is 0. The fraction of sp³-hybridized carbons (Fsp3) is 0.0625. The van der Waals surface area contributed by atoms with Crippen LogP contribution in [0.4, 0.5) is 10.1 Å². The van der Waals surface area contributed by atoms with Crippen LogP contribution in [0.3, 0.4) is 0 Å². The van der Waals surface area contributed by atoms with Crippen molar-refractivity contribution in [1.82, 2.24) is 4.98 Å². The van der Waals surface area contributed by atoms with Gasteiger partial charge in [-0.15, -0.1) is 0 Å². The Hall–Kier alpha value is -3.02. The highest BCUT2D eigenvalue weighted by Crippen LogP contribution is 2.21. The molecule has 0 unspecified atom stereocenters. The molecule has 110 valence electrons. The van der Waals surface area contributed by atoms with E-state index in [9.17, 15) is 9.18 Å². The van der Waals surface area contributed by atoms with Crippen LogP contribution in [0.1, 0.15) is 15.9 Å². The SMILES string of the molecule is O=C(O)c1ccc(N=NCc2c[nH]c3ccc(F)cc23)cc1. The Kier molecular flexibility index (Phi) is 3.65. The molecule has 6 heteroatoms. The van der Waals surface area contributed by atoms with Gasteiger partial charge in [0.25, 0.3) is 0 Å². The largest absolute Gasteiger partial charge is 0.478 e. The minimum absolute atomic E-state index is 0.200. The first-order valence-corrected chi connectivity index (χ1v) is 6.60. The van der Waals surface area contributed by atoms with Crippen LogP contribution in [0, 0.1) is 5.82 Å². The zero-order valence-corrected chi connectivity index (χ0v) is 11.5. The highest BCUT2D eigenvalue weighted by atomic mass is 19.1. The Morgan fingerprint density at radius 3 is 2.68 bits per heavy atom. The van der Waals surface area contributed by atoms with Crippen molar-refractivity contribution in [3.05, 3.63) is 65.6 Å². The van der Waals surface area contributed by atoms with Gasteiger partial charge in [0, 0.05) is 22.7 Å². The van der Waals surface area contributed by atoms with Gasteiger partial charge in [0.15, 0.2) is 0 Å². The van der Waals surface area contributed by atoms with Crippen molar-refractivity contribution < 1.29 is 14.3 Å². The molecule has 3 aromatic rings. The second kappa shape index (κ2) is 5.77. The van der Waals surface area contributed by atoms with Gasteiger partial charge >= 0.3 is 5.97 Å². The van der Waals surface area contributed by atoms with Gasteiger partial charge in [-0.05, 0) is 42.5 Å². The van der Waals surface area contributed by atoms with Gasteiger partial charge in [-0.1, -0.05) is 0 Å². The quantitative estimate of drug-likeness (QED) is 0.705. The number of nitrogens with one attached hydrogen (secondary N) is 1. The van der Waals surface area contributed by atoms with Crippen molar-refractivity contribution in [3.8, 4) is 0 Å². The van der Waals surface area contributed by atoms with Gasteiger partial charge in [0.1, 0.15) is 5.82 Å². The lowest BCUT2D eigenvalue weighted by molar-refractivity contribution is 0.0697. The number of nitrogens with zero attached hydrogens (tertiary/aromatic N) is 2. The van der Waals surface area contributed by atoms with E-state index in [0.29, 0.717) is 12.2 Å². The molecule has 0 spiro atoms. The smallest absolute Gasteiger partial charge is 0.335 e. The van der Waals surface area contributed by atoms with E-state index < -0.39 is 5.97 Å². The van der Waals surface area contributed by atoms with Gasteiger partial charge in [-0.3, -0.25) is 0 Å². The molecule has 0 aliphatic heterocycles. The molecule has 1 heterocycles. The minimum atomic E-state index is -0.982. The number of hydrogen-bond donors (Lipinski definition) is 2. The summed E-state index contributed by atoms with van der Waals surface area (Å²) in [6, 6.07) is 10.6. The number of aromatic nitrogens is 1. The Morgan fingerprint density at radius 1 is 1.18 bits per heavy atom. The Labute approximate surface area is 125 Å². The summed E-state index contributed by atoms with van der Waals surface area (Å²) >= 11 is 0. The number of azo groups is 1. The van der Waals surface area contributed by atoms with Crippen molar-refractivity contribution in [3.63, 3.8) is 0 Å². The molecule has 0 saturated heterocycles. The van der Waals surface area contributed by atoms with E-state index in [1.165, 1.54) is 24.3 Å². The Morgan fingerprint density at radius 2 is 1.95 bits per heavy atom. The molecule has 0 amide bonds. The minimum Gasteiger partial charge on any atom is -0.478 e. The second-order valence-electron chi connectivity index (χ2n) is 4.76. The van der Waals surface area contributed by atoms with Crippen molar-refractivity contribution in [2.24, 2.45) is 10.2 Å². The molecule has 2 aromatic carbocycles. The highest BCUT2D eigenvalue weighted by Gasteiger charge is 2.04. The zero-order chi connectivity index (χ0) is 15.5. The number of hydrogen-bond acceptors (Lipinski definition) is 3. The number of aromatic amines is 1. The maximum Gasteiger partial charge on any atom is 0.335 e. The van der Waals surface area contributed by atoms with E-state index in [4.69, 9.17) is 5.11 Å². The van der Waals surface area contributed by atoms with E-state index in [1.807, 2.05) is 0 Å². The third-order valence-electron chi connectivity index (χ3n) is 3.27. The predicted octanol–water partition coefficient (Wildman–Crippen LogP) is 4.29. The van der Waals surface area contributed by atoms with Crippen LogP contribution >= 0.6 is 0 Å². The zero-order valence-electron chi connectivity index (χ0n) is 11.5. The molecule has 22 heavy (non-hydrogen) atoms. The number of carboxylic acids is 1. The lowest BCUT2D eigenvalue weighted by Crippen LogP contribution is -1.93. The van der Waals surface area contributed by atoms with Crippen LogP contribution in [-0.2, 0) is 6.54 Å². The van der Waals surface area contributed by atoms with Crippen molar-refractivity contribution in [2.75, 3.05) is 0 Å². The molecular formula is C16H12FN3O2. The lowest BCUT2D eigenvalue weighted by Gasteiger charge is -1.96. The predicted molar refractivity (Wildman–Crippen MR) is 79.9 cm³/mol. The van der Waals surface area contributed by atoms with Crippen LogP contribution in [0.15, 0.2) is 58.9 Å². The van der Waals surface area contributed by atoms with Crippen molar-refractivity contribution in [2.45, 2.75) is 6.54 Å². The number of carboxylic acid groups (broad SMARTS) is 1. The molecule has 2 N–H and O–H groups in total. The number of halogens is 1. The van der Waals surface area contributed by atoms with E-state index >= 15 is 0 Å². The molecule has 0 bridgehead atoms. The number of carbonyl (C=O) groups is 1. The van der Waals surface area contributed by atoms with E-state index in [2.05, 4.69) is 15.2 Å². The maximum absolute atomic E-state index is 13.3. The van der Waals surface area contributed by atoms with Crippen LogP contribution in [0.5, 0.6) is 0 Å². The van der Waals surface area contributed by atoms with Gasteiger partial charge in [0.05, 0.1) is 17.8 Å². The number of fused-ring (bicyclic) bond motifs is 1. The summed E-state index contributed by atoms with van der Waals surface area (Å²) in [6.45, 7) is 0.310. The van der Waals surface area contributed by atoms with Crippen LogP contribution in [0.25, 0.3) is 10.9 Å². The van der Waals surface area contributed by atoms with Crippen molar-refractivity contribution in [1.29, 1.82) is 0 Å². The van der Waals surface area contributed by atoms with E-state index in [1.54, 1.807) is 24.4 Å². The fourth-order valence-corrected chi connectivity index (χ4v) is 2.15. The Bertz CT molecular complexity index is 853. The molecule has 0 aliphatic carbocycles. The molecule has 0 aliphatic rings. The van der Waals surface area contributed by atoms with Crippen LogP contribution < -0.4 is 0 Å². The average Bonchev–Trinajstić information content (AvgIpc) is 2.90. The molecule has 0 fully saturated rings. The first kappa shape index (κ1) is 13.9. The summed E-state index contributed by atoms with van der Waals surface area (Å²) in [5, 5.41) is 17.7. The fourth-order valence-electron chi connectivity index (χ4n) is 2.15. The third kappa shape index (κ3) is 2.85. The standard InChI is InChI=1S/C16H12FN3O2/c17-12-3-6-15-14(7-12)11(8-18-15)9-19-20-13-4-1-10(2-5-13)16(21)22/h1-8,18H,9H2,(H,21,22). The number of H-pyrrole nitrogens is 1. The van der Waals surface area contributed by atoms with Gasteiger partial charge < -0.3 is 10.1 Å². The third-order valence-corrected chi connectivity index (χ3v) is 3.27. The summed E-state index contributed by atoms with van der Waals surface area (Å²) in [6.07, 6.45) is 1.77. The summed E-state index contributed by atoms with van der Waals surface area (Å²) in [4.78, 5) is 13.8. The molecule has 3 rings (SSSR count). The highest BCUT2D eigenvalue weighted by molar-refractivity contribution is 5.87. The molecule has 0 radical (unpaired) electrons. The van der Waals surface area contributed by atoms with Crippen LogP contribution in [0.2, 0.25) is 0 Å². The first-order chi connectivity index (χ1) is 10.6.